The summed E-state index contributed by atoms with van der Waals surface area (Å²) in [5, 5.41) is 1.11. The van der Waals surface area contributed by atoms with Gasteiger partial charge in [-0.2, -0.15) is 0 Å². The van der Waals surface area contributed by atoms with Crippen LogP contribution in [0.1, 0.15) is 33.3 Å². The van der Waals surface area contributed by atoms with E-state index in [0.717, 1.165) is 24.2 Å². The van der Waals surface area contributed by atoms with Crippen LogP contribution in [0.15, 0.2) is 51.7 Å². The maximum atomic E-state index is 13.5. The summed E-state index contributed by atoms with van der Waals surface area (Å²) in [5.74, 6) is -0.105. The Morgan fingerprint density at radius 3 is 2.52 bits per heavy atom. The third-order valence-corrected chi connectivity index (χ3v) is 6.32. The smallest absolute Gasteiger partial charge is 0.290 e. The molecule has 0 spiro atoms. The molecule has 2 aromatic carbocycles. The Morgan fingerprint density at radius 2 is 1.77 bits per heavy atom. The normalized spacial score (nSPS) is 19.2. The van der Waals surface area contributed by atoms with Crippen LogP contribution >= 0.6 is 11.6 Å². The monoisotopic (exact) mass is 438 g/mol. The van der Waals surface area contributed by atoms with E-state index in [1.54, 1.807) is 23.1 Å². The molecule has 1 amide bonds. The largest absolute Gasteiger partial charge is 0.450 e. The Labute approximate surface area is 185 Å². The summed E-state index contributed by atoms with van der Waals surface area (Å²) in [7, 11) is 0. The highest BCUT2D eigenvalue weighted by Gasteiger charge is 2.42. The molecule has 2 aliphatic heterocycles. The minimum atomic E-state index is -0.498. The van der Waals surface area contributed by atoms with E-state index in [0.29, 0.717) is 47.9 Å². The summed E-state index contributed by atoms with van der Waals surface area (Å²) in [4.78, 5) is 31.0. The average Bonchev–Trinajstić information content (AvgIpc) is 3.06. The van der Waals surface area contributed by atoms with Gasteiger partial charge in [-0.3, -0.25) is 14.5 Å². The van der Waals surface area contributed by atoms with Gasteiger partial charge in [0.05, 0.1) is 30.2 Å². The van der Waals surface area contributed by atoms with Gasteiger partial charge in [0, 0.05) is 31.2 Å². The number of halogens is 1. The summed E-state index contributed by atoms with van der Waals surface area (Å²) in [6, 6.07) is 12.3. The van der Waals surface area contributed by atoms with Crippen molar-refractivity contribution in [2.45, 2.75) is 13.0 Å². The Kier molecular flexibility index (Phi) is 5.30. The fraction of sp³-hybridized carbons (Fsp3) is 0.333. The molecule has 1 atom stereocenters. The van der Waals surface area contributed by atoms with Crippen LogP contribution in [-0.4, -0.2) is 55.1 Å². The van der Waals surface area contributed by atoms with Crippen molar-refractivity contribution in [2.75, 3.05) is 39.4 Å². The number of carbonyl (C=O) groups excluding carboxylic acids is 1. The van der Waals surface area contributed by atoms with Crippen LogP contribution in [0.2, 0.25) is 5.02 Å². The minimum absolute atomic E-state index is 0.142. The Hall–Kier alpha value is -2.67. The fourth-order valence-corrected chi connectivity index (χ4v) is 4.56. The summed E-state index contributed by atoms with van der Waals surface area (Å²) < 4.78 is 11.4. The van der Waals surface area contributed by atoms with Gasteiger partial charge in [-0.1, -0.05) is 35.4 Å². The number of morpholine rings is 1. The van der Waals surface area contributed by atoms with E-state index in [9.17, 15) is 9.59 Å². The number of carbonyl (C=O) groups is 1. The van der Waals surface area contributed by atoms with E-state index in [1.807, 2.05) is 31.2 Å². The van der Waals surface area contributed by atoms with E-state index in [2.05, 4.69) is 4.90 Å². The van der Waals surface area contributed by atoms with Crippen LogP contribution < -0.4 is 5.43 Å². The molecule has 0 N–H and O–H groups in total. The van der Waals surface area contributed by atoms with Gasteiger partial charge in [-0.15, -0.1) is 0 Å². The second-order valence-electron chi connectivity index (χ2n) is 8.08. The zero-order chi connectivity index (χ0) is 21.5. The maximum absolute atomic E-state index is 13.5. The van der Waals surface area contributed by atoms with E-state index in [4.69, 9.17) is 20.8 Å². The van der Waals surface area contributed by atoms with E-state index >= 15 is 0 Å². The van der Waals surface area contributed by atoms with Gasteiger partial charge in [0.2, 0.25) is 5.76 Å². The molecule has 6 nitrogen and oxygen atoms in total. The van der Waals surface area contributed by atoms with Crippen molar-refractivity contribution >= 4 is 28.5 Å². The van der Waals surface area contributed by atoms with Gasteiger partial charge in [-0.25, -0.2) is 0 Å². The average molecular weight is 439 g/mol. The van der Waals surface area contributed by atoms with Crippen LogP contribution in [0.4, 0.5) is 0 Å². The third kappa shape index (κ3) is 3.65. The number of benzene rings is 2. The second kappa shape index (κ2) is 8.11. The van der Waals surface area contributed by atoms with Crippen molar-refractivity contribution in [3.63, 3.8) is 0 Å². The molecule has 0 radical (unpaired) electrons. The molecular formula is C24H23ClN2O4. The maximum Gasteiger partial charge on any atom is 0.290 e. The van der Waals surface area contributed by atoms with E-state index in [1.165, 1.54) is 0 Å². The number of ether oxygens (including phenoxy) is 1. The molecule has 5 rings (SSSR count). The van der Waals surface area contributed by atoms with Crippen molar-refractivity contribution < 1.29 is 13.9 Å². The Morgan fingerprint density at radius 1 is 1.03 bits per heavy atom. The highest BCUT2D eigenvalue weighted by atomic mass is 35.5. The predicted octanol–water partition coefficient (Wildman–Crippen LogP) is 3.63. The zero-order valence-electron chi connectivity index (χ0n) is 17.3. The molecule has 1 unspecified atom stereocenters. The van der Waals surface area contributed by atoms with Gasteiger partial charge in [0.15, 0.2) is 5.43 Å². The van der Waals surface area contributed by atoms with Crippen LogP contribution in [0, 0.1) is 6.92 Å². The van der Waals surface area contributed by atoms with Gasteiger partial charge >= 0.3 is 0 Å². The Bertz CT molecular complexity index is 1200. The molecule has 7 heteroatoms. The first-order chi connectivity index (χ1) is 15.0. The lowest BCUT2D eigenvalue weighted by Gasteiger charge is -2.31. The number of fused-ring (bicyclic) bond motifs is 2. The third-order valence-electron chi connectivity index (χ3n) is 6.07. The fourth-order valence-electron chi connectivity index (χ4n) is 4.43. The van der Waals surface area contributed by atoms with Crippen molar-refractivity contribution in [2.24, 2.45) is 0 Å². The Balaban J connectivity index is 1.60. The molecule has 160 valence electrons. The lowest BCUT2D eigenvalue weighted by Crippen LogP contribution is -2.42. The van der Waals surface area contributed by atoms with Crippen molar-refractivity contribution in [1.29, 1.82) is 0 Å². The summed E-state index contributed by atoms with van der Waals surface area (Å²) in [5.41, 5.74) is 2.51. The quantitative estimate of drug-likeness (QED) is 0.622. The molecule has 3 aromatic rings. The SMILES string of the molecule is Cc1ccc2oc3c(c(=O)c2c1)C(c1ccc(Cl)cc1)N(CCN1CCOCC1)C3=O. The lowest BCUT2D eigenvalue weighted by molar-refractivity contribution is 0.0314. The highest BCUT2D eigenvalue weighted by molar-refractivity contribution is 6.30. The second-order valence-corrected chi connectivity index (χ2v) is 8.52. The molecule has 1 saturated heterocycles. The molecule has 0 bridgehead atoms. The zero-order valence-corrected chi connectivity index (χ0v) is 18.0. The van der Waals surface area contributed by atoms with E-state index < -0.39 is 6.04 Å². The van der Waals surface area contributed by atoms with Crippen LogP contribution in [0.25, 0.3) is 11.0 Å². The molecule has 0 saturated carbocycles. The molecular weight excluding hydrogens is 416 g/mol. The van der Waals surface area contributed by atoms with Crippen LogP contribution in [0.5, 0.6) is 0 Å². The molecule has 1 aromatic heterocycles. The minimum Gasteiger partial charge on any atom is -0.450 e. The van der Waals surface area contributed by atoms with Crippen molar-refractivity contribution in [3.05, 3.63) is 80.2 Å². The van der Waals surface area contributed by atoms with Gasteiger partial charge in [0.25, 0.3) is 5.91 Å². The topological polar surface area (TPSA) is 63.0 Å². The summed E-state index contributed by atoms with van der Waals surface area (Å²) in [6.07, 6.45) is 0. The first-order valence-electron chi connectivity index (χ1n) is 10.5. The number of aryl methyl sites for hydroxylation is 1. The molecule has 2 aliphatic rings. The van der Waals surface area contributed by atoms with Crippen molar-refractivity contribution in [3.8, 4) is 0 Å². The summed E-state index contributed by atoms with van der Waals surface area (Å²) >= 11 is 6.09. The predicted molar refractivity (Wildman–Crippen MR) is 119 cm³/mol. The molecule has 0 aliphatic carbocycles. The standard InChI is InChI=1S/C24H23ClN2O4/c1-15-2-7-19-18(14-15)22(28)20-21(16-3-5-17(25)6-4-16)27(24(29)23(20)31-19)9-8-26-10-12-30-13-11-26/h2-7,14,21H,8-13H2,1H3. The first-order valence-corrected chi connectivity index (χ1v) is 10.8. The van der Waals surface area contributed by atoms with Gasteiger partial charge in [-0.05, 0) is 36.8 Å². The van der Waals surface area contributed by atoms with Crippen LogP contribution in [0.3, 0.4) is 0 Å². The number of nitrogens with zero attached hydrogens (tertiary/aromatic N) is 2. The number of amides is 1. The molecule has 1 fully saturated rings. The summed E-state index contributed by atoms with van der Waals surface area (Å²) in [6.45, 7) is 6.19. The van der Waals surface area contributed by atoms with Gasteiger partial charge < -0.3 is 14.1 Å². The molecule has 3 heterocycles. The van der Waals surface area contributed by atoms with Gasteiger partial charge in [0.1, 0.15) is 5.58 Å². The van der Waals surface area contributed by atoms with Crippen LogP contribution in [-0.2, 0) is 4.74 Å². The van der Waals surface area contributed by atoms with Crippen molar-refractivity contribution in [1.82, 2.24) is 9.80 Å². The first kappa shape index (κ1) is 20.2. The number of hydrogen-bond acceptors (Lipinski definition) is 5. The molecule has 31 heavy (non-hydrogen) atoms. The lowest BCUT2D eigenvalue weighted by atomic mass is 9.98. The number of hydrogen-bond donors (Lipinski definition) is 0. The number of rotatable bonds is 4. The van der Waals surface area contributed by atoms with E-state index in [-0.39, 0.29) is 17.1 Å². The highest BCUT2D eigenvalue weighted by Crippen LogP contribution is 2.38.